The first-order chi connectivity index (χ1) is 9.90. The summed E-state index contributed by atoms with van der Waals surface area (Å²) in [7, 11) is -3.63. The van der Waals surface area contributed by atoms with Gasteiger partial charge in [0, 0.05) is 29.7 Å². The van der Waals surface area contributed by atoms with Gasteiger partial charge in [0.05, 0.1) is 11.5 Å². The van der Waals surface area contributed by atoms with Crippen molar-refractivity contribution >= 4 is 21.8 Å². The van der Waals surface area contributed by atoms with E-state index in [1.165, 1.54) is 23.4 Å². The van der Waals surface area contributed by atoms with Gasteiger partial charge in [-0.1, -0.05) is 6.92 Å². The third-order valence-electron chi connectivity index (χ3n) is 3.67. The highest BCUT2D eigenvalue weighted by Gasteiger charge is 2.30. The topological polar surface area (TPSA) is 57.6 Å². The number of nitrogens with zero attached hydrogens (tertiary/aromatic N) is 1. The summed E-state index contributed by atoms with van der Waals surface area (Å²) in [5, 5.41) is 9.47. The zero-order chi connectivity index (χ0) is 15.6. The van der Waals surface area contributed by atoms with Gasteiger partial charge < -0.3 is 5.11 Å². The summed E-state index contributed by atoms with van der Waals surface area (Å²) < 4.78 is 40.6. The molecule has 1 saturated heterocycles. The minimum Gasteiger partial charge on any atom is -0.392 e. The summed E-state index contributed by atoms with van der Waals surface area (Å²) in [6, 6.07) is 2.58. The number of halogens is 1. The Hall–Kier alpha value is -0.630. The average Bonchev–Trinajstić information content (AvgIpc) is 2.49. The second-order valence-electron chi connectivity index (χ2n) is 5.14. The molecule has 1 atom stereocenters. The molecule has 0 amide bonds. The quantitative estimate of drug-likeness (QED) is 0.917. The Labute approximate surface area is 129 Å². The number of aliphatic hydroxyl groups is 1. The van der Waals surface area contributed by atoms with Crippen LogP contribution in [0.15, 0.2) is 17.0 Å². The van der Waals surface area contributed by atoms with Crippen molar-refractivity contribution in [2.45, 2.75) is 37.0 Å². The smallest absolute Gasteiger partial charge is 0.243 e. The molecular weight excluding hydrogens is 313 g/mol. The van der Waals surface area contributed by atoms with E-state index >= 15 is 0 Å². The van der Waals surface area contributed by atoms with E-state index in [0.717, 1.165) is 12.2 Å². The summed E-state index contributed by atoms with van der Waals surface area (Å²) >= 11 is 1.79. The summed E-state index contributed by atoms with van der Waals surface area (Å²) in [5.74, 6) is 0.224. The molecule has 1 N–H and O–H groups in total. The van der Waals surface area contributed by atoms with Gasteiger partial charge in [-0.25, -0.2) is 12.8 Å². The normalized spacial score (nSPS) is 20.7. The van der Waals surface area contributed by atoms with Gasteiger partial charge in [0.25, 0.3) is 0 Å². The molecule has 1 aliphatic rings. The van der Waals surface area contributed by atoms with E-state index in [1.54, 1.807) is 11.8 Å². The monoisotopic (exact) mass is 333 g/mol. The van der Waals surface area contributed by atoms with Gasteiger partial charge in [-0.05, 0) is 31.0 Å². The van der Waals surface area contributed by atoms with Crippen LogP contribution in [0.5, 0.6) is 0 Å². The number of hydrogen-bond donors (Lipinski definition) is 1. The lowest BCUT2D eigenvalue weighted by molar-refractivity contribution is 0.275. The minimum atomic E-state index is -3.63. The lowest BCUT2D eigenvalue weighted by Gasteiger charge is -2.31. The molecule has 1 unspecified atom stereocenters. The van der Waals surface area contributed by atoms with Gasteiger partial charge in [0.2, 0.25) is 10.0 Å². The van der Waals surface area contributed by atoms with Crippen molar-refractivity contribution in [3.05, 3.63) is 29.1 Å². The molecular formula is C14H20FNO3S2. The van der Waals surface area contributed by atoms with Crippen molar-refractivity contribution in [1.82, 2.24) is 4.31 Å². The third kappa shape index (κ3) is 3.41. The van der Waals surface area contributed by atoms with Crippen LogP contribution in [0.4, 0.5) is 4.39 Å². The molecule has 0 aromatic heterocycles. The van der Waals surface area contributed by atoms with Crippen molar-refractivity contribution in [3.8, 4) is 0 Å². The number of hydrogen-bond acceptors (Lipinski definition) is 4. The van der Waals surface area contributed by atoms with E-state index in [4.69, 9.17) is 0 Å². The van der Waals surface area contributed by atoms with E-state index in [1.807, 2.05) is 6.92 Å². The lowest BCUT2D eigenvalue weighted by Crippen LogP contribution is -2.41. The first-order valence-corrected chi connectivity index (χ1v) is 9.40. The molecule has 1 heterocycles. The standard InChI is InChI=1S/C14H20FNO3S2/c1-3-12-8-16(4-5-20-12)21(18,19)13-6-10(2)14(15)11(7-13)9-17/h6-7,12,17H,3-5,8-9H2,1-2H3. The summed E-state index contributed by atoms with van der Waals surface area (Å²) in [4.78, 5) is 0.0622. The van der Waals surface area contributed by atoms with Gasteiger partial charge in [-0.15, -0.1) is 0 Å². The lowest BCUT2D eigenvalue weighted by atomic mass is 10.1. The fourth-order valence-corrected chi connectivity index (χ4v) is 5.39. The van der Waals surface area contributed by atoms with Crippen LogP contribution in [0.1, 0.15) is 24.5 Å². The molecule has 7 heteroatoms. The van der Waals surface area contributed by atoms with Crippen molar-refractivity contribution in [3.63, 3.8) is 0 Å². The summed E-state index contributed by atoms with van der Waals surface area (Å²) in [5.41, 5.74) is 0.255. The van der Waals surface area contributed by atoms with E-state index < -0.39 is 22.4 Å². The van der Waals surface area contributed by atoms with E-state index in [9.17, 15) is 17.9 Å². The van der Waals surface area contributed by atoms with Gasteiger partial charge in [0.1, 0.15) is 5.82 Å². The van der Waals surface area contributed by atoms with Crippen LogP contribution in [-0.2, 0) is 16.6 Å². The SMILES string of the molecule is CCC1CN(S(=O)(=O)c2cc(C)c(F)c(CO)c2)CCS1. The molecule has 0 spiro atoms. The highest BCUT2D eigenvalue weighted by molar-refractivity contribution is 8.00. The molecule has 1 aromatic carbocycles. The Morgan fingerprint density at radius 1 is 1.48 bits per heavy atom. The molecule has 21 heavy (non-hydrogen) atoms. The van der Waals surface area contributed by atoms with Crippen molar-refractivity contribution < 1.29 is 17.9 Å². The molecule has 1 aromatic rings. The molecule has 0 saturated carbocycles. The van der Waals surface area contributed by atoms with Crippen molar-refractivity contribution in [2.75, 3.05) is 18.8 Å². The Morgan fingerprint density at radius 2 is 2.19 bits per heavy atom. The van der Waals surface area contributed by atoms with Crippen LogP contribution >= 0.6 is 11.8 Å². The Morgan fingerprint density at radius 3 is 2.81 bits per heavy atom. The maximum atomic E-state index is 13.8. The number of aliphatic hydroxyl groups excluding tert-OH is 1. The number of aryl methyl sites for hydroxylation is 1. The van der Waals surface area contributed by atoms with Gasteiger partial charge >= 0.3 is 0 Å². The molecule has 0 bridgehead atoms. The maximum Gasteiger partial charge on any atom is 0.243 e. The molecule has 1 aliphatic heterocycles. The Kier molecular flexibility index (Phi) is 5.29. The molecule has 0 radical (unpaired) electrons. The first kappa shape index (κ1) is 16.7. The fourth-order valence-electron chi connectivity index (χ4n) is 2.38. The number of benzene rings is 1. The summed E-state index contributed by atoms with van der Waals surface area (Å²) in [6.07, 6.45) is 0.918. The molecule has 2 rings (SSSR count). The van der Waals surface area contributed by atoms with Crippen LogP contribution in [0.25, 0.3) is 0 Å². The predicted molar refractivity (Wildman–Crippen MR) is 82.4 cm³/mol. The predicted octanol–water partition coefficient (Wildman–Crippen LogP) is 2.14. The van der Waals surface area contributed by atoms with Crippen LogP contribution in [0.3, 0.4) is 0 Å². The van der Waals surface area contributed by atoms with E-state index in [-0.39, 0.29) is 16.0 Å². The largest absolute Gasteiger partial charge is 0.392 e. The fraction of sp³-hybridized carbons (Fsp3) is 0.571. The van der Waals surface area contributed by atoms with Crippen molar-refractivity contribution in [1.29, 1.82) is 0 Å². The molecule has 4 nitrogen and oxygen atoms in total. The average molecular weight is 333 g/mol. The van der Waals surface area contributed by atoms with Gasteiger partial charge in [-0.3, -0.25) is 0 Å². The number of sulfonamides is 1. The third-order valence-corrected chi connectivity index (χ3v) is 6.88. The Bertz CT molecular complexity index is 619. The van der Waals surface area contributed by atoms with Gasteiger partial charge in [0.15, 0.2) is 0 Å². The van der Waals surface area contributed by atoms with Gasteiger partial charge in [-0.2, -0.15) is 16.1 Å². The highest BCUT2D eigenvalue weighted by Crippen LogP contribution is 2.28. The molecule has 118 valence electrons. The molecule has 0 aliphatic carbocycles. The maximum absolute atomic E-state index is 13.8. The zero-order valence-corrected chi connectivity index (χ0v) is 13.8. The van der Waals surface area contributed by atoms with Crippen molar-refractivity contribution in [2.24, 2.45) is 0 Å². The van der Waals surface area contributed by atoms with Crippen LogP contribution in [0, 0.1) is 12.7 Å². The van der Waals surface area contributed by atoms with Crippen LogP contribution in [-0.4, -0.2) is 41.9 Å². The summed E-state index contributed by atoms with van der Waals surface area (Å²) in [6.45, 7) is 3.99. The van der Waals surface area contributed by atoms with E-state index in [0.29, 0.717) is 18.3 Å². The van der Waals surface area contributed by atoms with E-state index in [2.05, 4.69) is 0 Å². The number of thioether (sulfide) groups is 1. The zero-order valence-electron chi connectivity index (χ0n) is 12.2. The highest BCUT2D eigenvalue weighted by atomic mass is 32.2. The van der Waals surface area contributed by atoms with Crippen LogP contribution < -0.4 is 0 Å². The number of rotatable bonds is 4. The first-order valence-electron chi connectivity index (χ1n) is 6.91. The second kappa shape index (κ2) is 6.64. The molecule has 1 fully saturated rings. The van der Waals surface area contributed by atoms with Crippen LogP contribution in [0.2, 0.25) is 0 Å². The minimum absolute atomic E-state index is 0.0204. The Balaban J connectivity index is 2.37. The second-order valence-corrected chi connectivity index (χ2v) is 8.48.